The molecule has 3 heteroatoms. The molecular weight excluding hydrogens is 254 g/mol. The highest BCUT2D eigenvalue weighted by atomic mass is 32.2. The molecule has 0 saturated heterocycles. The highest BCUT2D eigenvalue weighted by Gasteiger charge is 2.17. The van der Waals surface area contributed by atoms with Gasteiger partial charge >= 0.3 is 0 Å². The van der Waals surface area contributed by atoms with Gasteiger partial charge in [0.15, 0.2) is 0 Å². The van der Waals surface area contributed by atoms with Crippen LogP contribution in [0.1, 0.15) is 50.8 Å². The molecule has 2 nitrogen and oxygen atoms in total. The van der Waals surface area contributed by atoms with E-state index in [1.807, 2.05) is 0 Å². The first-order valence-corrected chi connectivity index (χ1v) is 8.63. The number of benzene rings is 1. The second-order valence-corrected chi connectivity index (χ2v) is 7.08. The molecule has 3 unspecified atom stereocenters. The van der Waals surface area contributed by atoms with Gasteiger partial charge in [0, 0.05) is 27.8 Å². The van der Waals surface area contributed by atoms with Crippen LogP contribution in [0.2, 0.25) is 0 Å². The predicted molar refractivity (Wildman–Crippen MR) is 85.0 cm³/mol. The molecule has 0 aliphatic carbocycles. The normalized spacial score (nSPS) is 16.0. The van der Waals surface area contributed by atoms with Gasteiger partial charge in [-0.25, -0.2) is 0 Å². The van der Waals surface area contributed by atoms with Crippen LogP contribution in [-0.4, -0.2) is 21.8 Å². The van der Waals surface area contributed by atoms with Crippen LogP contribution >= 0.6 is 0 Å². The third kappa shape index (κ3) is 5.45. The molecule has 0 aliphatic heterocycles. The molecule has 3 atom stereocenters. The highest BCUT2D eigenvalue weighted by Crippen LogP contribution is 2.17. The molecule has 1 rings (SSSR count). The SMILES string of the molecule is CCCNC(CS(=O)C(C)CC)c1ccc(C)cc1. The Morgan fingerprint density at radius 2 is 1.84 bits per heavy atom. The zero-order valence-corrected chi connectivity index (χ0v) is 13.4. The average Bonchev–Trinajstić information content (AvgIpc) is 2.43. The van der Waals surface area contributed by atoms with Gasteiger partial charge in [0.05, 0.1) is 0 Å². The van der Waals surface area contributed by atoms with Crippen LogP contribution < -0.4 is 5.32 Å². The minimum Gasteiger partial charge on any atom is -0.309 e. The molecule has 0 heterocycles. The molecule has 0 radical (unpaired) electrons. The first-order valence-electron chi connectivity index (χ1n) is 7.25. The van der Waals surface area contributed by atoms with Gasteiger partial charge in [0.1, 0.15) is 0 Å². The first-order chi connectivity index (χ1) is 9.08. The van der Waals surface area contributed by atoms with Gasteiger partial charge in [-0.05, 0) is 31.9 Å². The van der Waals surface area contributed by atoms with E-state index in [1.165, 1.54) is 11.1 Å². The topological polar surface area (TPSA) is 29.1 Å². The number of nitrogens with one attached hydrogen (secondary N) is 1. The van der Waals surface area contributed by atoms with E-state index in [9.17, 15) is 4.21 Å². The van der Waals surface area contributed by atoms with Gasteiger partial charge in [-0.1, -0.05) is 50.6 Å². The van der Waals surface area contributed by atoms with Crippen molar-refractivity contribution >= 4 is 10.8 Å². The lowest BCUT2D eigenvalue weighted by Crippen LogP contribution is -2.29. The van der Waals surface area contributed by atoms with Gasteiger partial charge in [-0.3, -0.25) is 4.21 Å². The molecule has 0 spiro atoms. The van der Waals surface area contributed by atoms with Gasteiger partial charge in [-0.15, -0.1) is 0 Å². The molecule has 0 aliphatic rings. The van der Waals surface area contributed by atoms with Crippen molar-refractivity contribution in [3.8, 4) is 0 Å². The van der Waals surface area contributed by atoms with E-state index in [2.05, 4.69) is 57.3 Å². The fourth-order valence-corrected chi connectivity index (χ4v) is 3.24. The average molecular weight is 281 g/mol. The van der Waals surface area contributed by atoms with Crippen molar-refractivity contribution in [1.29, 1.82) is 0 Å². The fraction of sp³-hybridized carbons (Fsp3) is 0.625. The maximum absolute atomic E-state index is 12.3. The third-order valence-electron chi connectivity index (χ3n) is 3.48. The summed E-state index contributed by atoms with van der Waals surface area (Å²) in [5.41, 5.74) is 2.51. The Hall–Kier alpha value is -0.670. The van der Waals surface area contributed by atoms with E-state index in [0.29, 0.717) is 5.75 Å². The molecule has 1 N–H and O–H groups in total. The summed E-state index contributed by atoms with van der Waals surface area (Å²) in [5, 5.41) is 3.80. The Bertz CT molecular complexity index is 388. The van der Waals surface area contributed by atoms with E-state index in [-0.39, 0.29) is 11.3 Å². The van der Waals surface area contributed by atoms with Crippen molar-refractivity contribution in [2.24, 2.45) is 0 Å². The minimum atomic E-state index is -0.767. The summed E-state index contributed by atoms with van der Waals surface area (Å²) in [7, 11) is -0.767. The fourth-order valence-electron chi connectivity index (χ4n) is 1.90. The molecule has 1 aromatic carbocycles. The lowest BCUT2D eigenvalue weighted by atomic mass is 10.1. The molecule has 0 bridgehead atoms. The maximum Gasteiger partial charge on any atom is 0.0436 e. The van der Waals surface area contributed by atoms with Crippen LogP contribution in [0.3, 0.4) is 0 Å². The molecule has 1 aromatic rings. The lowest BCUT2D eigenvalue weighted by molar-refractivity contribution is 0.567. The lowest BCUT2D eigenvalue weighted by Gasteiger charge is -2.20. The smallest absolute Gasteiger partial charge is 0.0436 e. The predicted octanol–water partition coefficient (Wildman–Crippen LogP) is 3.58. The Morgan fingerprint density at radius 1 is 1.21 bits per heavy atom. The number of aryl methyl sites for hydroxylation is 1. The van der Waals surface area contributed by atoms with Gasteiger partial charge < -0.3 is 5.32 Å². The zero-order chi connectivity index (χ0) is 14.3. The quantitative estimate of drug-likeness (QED) is 0.789. The van der Waals surface area contributed by atoms with Crippen molar-refractivity contribution in [3.63, 3.8) is 0 Å². The summed E-state index contributed by atoms with van der Waals surface area (Å²) in [5.74, 6) is 0.706. The monoisotopic (exact) mass is 281 g/mol. The summed E-state index contributed by atoms with van der Waals surface area (Å²) >= 11 is 0. The number of hydrogen-bond acceptors (Lipinski definition) is 2. The van der Waals surface area contributed by atoms with Crippen molar-refractivity contribution in [1.82, 2.24) is 5.32 Å². The highest BCUT2D eigenvalue weighted by molar-refractivity contribution is 7.85. The Labute approximate surface area is 120 Å². The van der Waals surface area contributed by atoms with Crippen LogP contribution in [-0.2, 0) is 10.8 Å². The third-order valence-corrected chi connectivity index (χ3v) is 5.37. The molecule has 19 heavy (non-hydrogen) atoms. The van der Waals surface area contributed by atoms with E-state index < -0.39 is 10.8 Å². The van der Waals surface area contributed by atoms with Gasteiger partial charge in [-0.2, -0.15) is 0 Å². The van der Waals surface area contributed by atoms with Crippen LogP contribution in [0.15, 0.2) is 24.3 Å². The van der Waals surface area contributed by atoms with E-state index in [0.717, 1.165) is 19.4 Å². The Morgan fingerprint density at radius 3 is 2.37 bits per heavy atom. The largest absolute Gasteiger partial charge is 0.309 e. The van der Waals surface area contributed by atoms with E-state index in [4.69, 9.17) is 0 Å². The molecule has 0 fully saturated rings. The Balaban J connectivity index is 2.76. The standard InChI is InChI=1S/C16H27NOS/c1-5-11-17-16(12-19(18)14(4)6-2)15-9-7-13(3)8-10-15/h7-10,14,16-17H,5-6,11-12H2,1-4H3. The zero-order valence-electron chi connectivity index (χ0n) is 12.6. The molecule has 108 valence electrons. The second kappa shape index (κ2) is 8.49. The van der Waals surface area contributed by atoms with Crippen molar-refractivity contribution < 1.29 is 4.21 Å². The van der Waals surface area contributed by atoms with Crippen molar-refractivity contribution in [3.05, 3.63) is 35.4 Å². The van der Waals surface area contributed by atoms with E-state index >= 15 is 0 Å². The van der Waals surface area contributed by atoms with Crippen LogP contribution in [0.25, 0.3) is 0 Å². The number of hydrogen-bond donors (Lipinski definition) is 1. The van der Waals surface area contributed by atoms with Crippen LogP contribution in [0, 0.1) is 6.92 Å². The van der Waals surface area contributed by atoms with E-state index in [1.54, 1.807) is 0 Å². The summed E-state index contributed by atoms with van der Waals surface area (Å²) in [6, 6.07) is 8.76. The summed E-state index contributed by atoms with van der Waals surface area (Å²) in [6.45, 7) is 9.39. The molecule has 0 aromatic heterocycles. The van der Waals surface area contributed by atoms with Crippen molar-refractivity contribution in [2.75, 3.05) is 12.3 Å². The van der Waals surface area contributed by atoms with Gasteiger partial charge in [0.25, 0.3) is 0 Å². The second-order valence-electron chi connectivity index (χ2n) is 5.18. The van der Waals surface area contributed by atoms with Crippen LogP contribution in [0.5, 0.6) is 0 Å². The summed E-state index contributed by atoms with van der Waals surface area (Å²) < 4.78 is 12.3. The van der Waals surface area contributed by atoms with Crippen molar-refractivity contribution in [2.45, 2.75) is 51.8 Å². The first kappa shape index (κ1) is 16.4. The van der Waals surface area contributed by atoms with Crippen LogP contribution in [0.4, 0.5) is 0 Å². The minimum absolute atomic E-state index is 0.204. The summed E-state index contributed by atoms with van der Waals surface area (Å²) in [6.07, 6.45) is 2.07. The maximum atomic E-state index is 12.3. The van der Waals surface area contributed by atoms with Gasteiger partial charge in [0.2, 0.25) is 0 Å². The molecule has 0 saturated carbocycles. The molecule has 0 amide bonds. The Kier molecular flexibility index (Phi) is 7.32. The molecular formula is C16H27NOS. The summed E-state index contributed by atoms with van der Waals surface area (Å²) in [4.78, 5) is 0. The number of rotatable bonds is 8.